The topological polar surface area (TPSA) is 249 Å². The molecule has 3 saturated heterocycles. The van der Waals surface area contributed by atoms with Crippen molar-refractivity contribution >= 4 is 74.4 Å². The number of nitrogens with two attached hydrogens (primary N) is 2. The number of benzene rings is 2. The van der Waals surface area contributed by atoms with E-state index in [1.54, 1.807) is 25.3 Å². The molecule has 3 aliphatic heterocycles. The molecule has 10 heterocycles. The van der Waals surface area contributed by atoms with Crippen molar-refractivity contribution in [3.8, 4) is 17.0 Å². The lowest BCUT2D eigenvalue weighted by molar-refractivity contribution is -0.673. The van der Waals surface area contributed by atoms with Crippen LogP contribution >= 0.6 is 11.6 Å². The first-order chi connectivity index (χ1) is 51.3. The normalized spacial score (nSPS) is 18.5. The average molecular weight is 1600 g/mol. The number of furan rings is 3. The van der Waals surface area contributed by atoms with E-state index >= 15 is 0 Å². The lowest BCUT2D eigenvalue weighted by Gasteiger charge is -2.39. The molecule has 2 saturated carbocycles. The van der Waals surface area contributed by atoms with E-state index < -0.39 is 17.3 Å². The average Bonchev–Trinajstić information content (AvgIpc) is 1.58. The van der Waals surface area contributed by atoms with Gasteiger partial charge in [-0.25, -0.2) is 28.8 Å². The summed E-state index contributed by atoms with van der Waals surface area (Å²) in [5.41, 5.74) is 12.1. The molecule has 7 aromatic heterocycles. The monoisotopic (exact) mass is 1600 g/mol. The number of aryl methyl sites for hydroxylation is 1. The summed E-state index contributed by atoms with van der Waals surface area (Å²) in [6, 6.07) is 24.0. The van der Waals surface area contributed by atoms with Gasteiger partial charge in [0.1, 0.15) is 33.9 Å². The van der Waals surface area contributed by atoms with Gasteiger partial charge in [-0.1, -0.05) is 120 Å². The van der Waals surface area contributed by atoms with Crippen molar-refractivity contribution in [3.05, 3.63) is 152 Å². The molecule has 5 fully saturated rings. The summed E-state index contributed by atoms with van der Waals surface area (Å²) in [7, 11) is 1.65. The van der Waals surface area contributed by atoms with E-state index in [1.807, 2.05) is 82.7 Å². The number of fused-ring (bicyclic) bond motifs is 3. The minimum atomic E-state index is -1.05. The fourth-order valence-corrected chi connectivity index (χ4v) is 16.1. The Morgan fingerprint density at radius 3 is 1.48 bits per heavy atom. The maximum Gasteiger partial charge on any atom is 0.371 e. The zero-order valence-electron chi connectivity index (χ0n) is 69.7. The Bertz CT molecular complexity index is 4860. The number of piperazine rings is 3. The Morgan fingerprint density at radius 2 is 1.05 bits per heavy atom. The highest BCUT2D eigenvalue weighted by atomic mass is 35.5. The number of hydrogen-bond acceptors (Lipinski definition) is 13. The summed E-state index contributed by atoms with van der Waals surface area (Å²) in [6.45, 7) is 49.8. The van der Waals surface area contributed by atoms with Crippen molar-refractivity contribution in [1.82, 2.24) is 39.8 Å². The number of hydrogen-bond donors (Lipinski definition) is 4. The van der Waals surface area contributed by atoms with Gasteiger partial charge in [0.05, 0.1) is 86.5 Å². The first-order valence-electron chi connectivity index (χ1n) is 39.4. The number of ether oxygens (including phenoxy) is 1. The Hall–Kier alpha value is -7.92. The van der Waals surface area contributed by atoms with Gasteiger partial charge in [0, 0.05) is 82.3 Å². The Labute approximate surface area is 678 Å². The molecule has 112 heavy (non-hydrogen) atoms. The number of methoxy groups -OCH3 is 1. The first-order valence-corrected chi connectivity index (χ1v) is 39.7. The van der Waals surface area contributed by atoms with E-state index in [0.29, 0.717) is 81.5 Å². The van der Waals surface area contributed by atoms with Gasteiger partial charge in [-0.2, -0.15) is 5.10 Å². The summed E-state index contributed by atoms with van der Waals surface area (Å²) in [5, 5.41) is 21.5. The molecule has 14 rings (SSSR count). The molecule has 9 aromatic rings. The molecule has 24 heteroatoms. The van der Waals surface area contributed by atoms with Crippen LogP contribution in [0.4, 0.5) is 10.2 Å². The largest absolute Gasteiger partial charge is 1.00 e. The molecular weight excluding hydrogens is 1480 g/mol. The van der Waals surface area contributed by atoms with Crippen molar-refractivity contribution in [2.45, 2.75) is 241 Å². The molecule has 0 unspecified atom stereocenters. The molecule has 0 atom stereocenters. The molecular formula is C88H119Cl3FN11O9. The van der Waals surface area contributed by atoms with E-state index in [2.05, 4.69) is 151 Å². The molecule has 0 spiro atoms. The van der Waals surface area contributed by atoms with Gasteiger partial charge in [0.25, 0.3) is 11.8 Å². The maximum atomic E-state index is 14.1. The summed E-state index contributed by atoms with van der Waals surface area (Å²) >= 11 is 5.85. The van der Waals surface area contributed by atoms with Crippen LogP contribution in [0.3, 0.4) is 0 Å². The number of quaternary nitrogens is 2. The van der Waals surface area contributed by atoms with E-state index in [9.17, 15) is 28.7 Å². The number of aromatic carboxylic acids is 1. The minimum Gasteiger partial charge on any atom is -1.00 e. The first kappa shape index (κ1) is 88.0. The van der Waals surface area contributed by atoms with E-state index in [4.69, 9.17) is 44.5 Å². The van der Waals surface area contributed by atoms with Crippen LogP contribution in [0.2, 0.25) is 5.02 Å². The van der Waals surface area contributed by atoms with Crippen molar-refractivity contribution in [2.24, 2.45) is 10.8 Å². The van der Waals surface area contributed by atoms with Crippen molar-refractivity contribution in [3.63, 3.8) is 0 Å². The van der Waals surface area contributed by atoms with Gasteiger partial charge < -0.3 is 73.7 Å². The smallest absolute Gasteiger partial charge is 0.371 e. The van der Waals surface area contributed by atoms with Crippen LogP contribution in [0.25, 0.3) is 44.6 Å². The zero-order valence-corrected chi connectivity index (χ0v) is 72.0. The Kier molecular flexibility index (Phi) is 26.6. The SMILES string of the molecule is CC(C)(C)c1cc(-c2ccc(Cl)c(F)c2)nc2cc(C(=O)N3CC[NH2+]CC3(C)C)oc12.CC1(C)CCC(c2cc(C(C)(C)C)c3oc(C(=O)N4CC[NH2+]CC4(C)C)cc3n2)CC1.CC1(C)CCC(c2cc(C(C)(C)C)c3oc(C(=O)O)cc3n2)CC1.COc1ccc(Cn2ncc(C)c2N2CCNC(C)(C)C2=O)cc1.[Cl-].[Cl-]. The van der Waals surface area contributed by atoms with Crippen LogP contribution < -0.4 is 50.4 Å². The fraction of sp³-hybridized carbons (Fsp3) is 0.545. The molecule has 5 aliphatic rings. The number of nitrogens with zero attached hydrogens (tertiary/aromatic N) is 8. The number of carboxylic acids is 1. The Balaban J connectivity index is 0.000000172. The predicted octanol–water partition coefficient (Wildman–Crippen LogP) is 10.5. The lowest BCUT2D eigenvalue weighted by atomic mass is 9.72. The second-order valence-corrected chi connectivity index (χ2v) is 38.0. The van der Waals surface area contributed by atoms with Gasteiger partial charge in [-0.05, 0) is 175 Å². The molecule has 20 nitrogen and oxygen atoms in total. The predicted molar refractivity (Wildman–Crippen MR) is 433 cm³/mol. The number of halogens is 4. The van der Waals surface area contributed by atoms with Gasteiger partial charge in [-0.3, -0.25) is 19.3 Å². The zero-order chi connectivity index (χ0) is 80.2. The number of amides is 3. The van der Waals surface area contributed by atoms with Crippen LogP contribution in [0.15, 0.2) is 98.3 Å². The summed E-state index contributed by atoms with van der Waals surface area (Å²) in [5.74, 6) is 1.70. The van der Waals surface area contributed by atoms with Gasteiger partial charge >= 0.3 is 5.97 Å². The lowest BCUT2D eigenvalue weighted by Crippen LogP contribution is -3.00. The highest BCUT2D eigenvalue weighted by Gasteiger charge is 2.42. The molecule has 2 aromatic carbocycles. The van der Waals surface area contributed by atoms with Crippen LogP contribution in [-0.2, 0) is 27.6 Å². The second-order valence-electron chi connectivity index (χ2n) is 37.5. The van der Waals surface area contributed by atoms with E-state index in [-0.39, 0.29) is 86.4 Å². The third-order valence-corrected chi connectivity index (χ3v) is 23.3. The molecule has 0 radical (unpaired) electrons. The number of pyridine rings is 3. The summed E-state index contributed by atoms with van der Waals surface area (Å²) in [4.78, 5) is 70.9. The van der Waals surface area contributed by atoms with Crippen molar-refractivity contribution in [2.75, 3.05) is 64.4 Å². The van der Waals surface area contributed by atoms with Crippen LogP contribution in [-0.4, -0.2) is 139 Å². The van der Waals surface area contributed by atoms with Crippen LogP contribution in [0, 0.1) is 23.6 Å². The number of nitrogens with one attached hydrogen (secondary N) is 1. The number of carboxylic acid groups (broad SMARTS) is 1. The number of carbonyl (C=O) groups excluding carboxylic acids is 3. The van der Waals surface area contributed by atoms with Crippen molar-refractivity contribution < 1.29 is 82.1 Å². The molecule has 0 bridgehead atoms. The molecule has 6 N–H and O–H groups in total. The Morgan fingerprint density at radius 1 is 0.616 bits per heavy atom. The number of anilines is 1. The minimum absolute atomic E-state index is 0. The standard InChI is InChI=1S/C26H39N3O2.C24H27ClFN3O2.C20H27NO3.C18H24N4O2.2ClH/c1-24(2,3)18-14-19(17-8-10-25(4,5)11-9-17)28-20-15-21(31-22(18)20)23(30)29-13-12-27-16-26(29,6)7;1-23(2,3)15-11-18(14-6-7-16(25)17(26)10-14)28-19-12-20(31-21(15)19)22(30)29-9-8-27-13-24(29,4)5;1-19(2,3)13-10-14(12-6-8-20(4,5)9-7-12)21-15-11-16(18(22)23)24-17(13)15;1-13-11-20-22(12-14-5-7-15(24-4)8-6-14)16(13)21-10-9-19-18(2,3)17(21)23;;/h14-15,17,27H,8-13,16H2,1-7H3;6-7,10-12,27H,8-9,13H2,1-5H3;10-12H,6-9H2,1-5H3,(H,22,23);5-8,11,19H,9-10,12H2,1-4H3;2*1H. The highest BCUT2D eigenvalue weighted by molar-refractivity contribution is 6.30. The van der Waals surface area contributed by atoms with Gasteiger partial charge in [-0.15, -0.1) is 0 Å². The third-order valence-electron chi connectivity index (χ3n) is 23.0. The molecule has 2 aliphatic carbocycles. The molecule has 608 valence electrons. The van der Waals surface area contributed by atoms with Crippen LogP contribution in [0.5, 0.6) is 5.75 Å². The van der Waals surface area contributed by atoms with E-state index in [1.165, 1.54) is 56.4 Å². The quantitative estimate of drug-likeness (QED) is 0.0995. The van der Waals surface area contributed by atoms with Gasteiger partial charge in [0.15, 0.2) is 28.3 Å². The number of carbonyl (C=O) groups is 4. The maximum absolute atomic E-state index is 14.1. The highest BCUT2D eigenvalue weighted by Crippen LogP contribution is 2.46. The van der Waals surface area contributed by atoms with E-state index in [0.717, 1.165) is 108 Å². The molecule has 3 amide bonds. The number of rotatable bonds is 10. The summed E-state index contributed by atoms with van der Waals surface area (Å²) < 4.78 is 39.1. The second kappa shape index (κ2) is 33.9. The fourth-order valence-electron chi connectivity index (χ4n) is 15.9. The summed E-state index contributed by atoms with van der Waals surface area (Å²) in [6.07, 6.45) is 11.3. The van der Waals surface area contributed by atoms with Crippen molar-refractivity contribution in [1.29, 1.82) is 0 Å². The van der Waals surface area contributed by atoms with Gasteiger partial charge in [0.2, 0.25) is 11.7 Å². The third kappa shape index (κ3) is 19.9. The number of aromatic nitrogens is 5. The van der Waals surface area contributed by atoms with Crippen LogP contribution in [0.1, 0.15) is 266 Å².